The summed E-state index contributed by atoms with van der Waals surface area (Å²) >= 11 is 5.94. The summed E-state index contributed by atoms with van der Waals surface area (Å²) in [5.41, 5.74) is 0.873. The number of rotatable bonds is 11. The summed E-state index contributed by atoms with van der Waals surface area (Å²) in [6, 6.07) is 7.22. The molecule has 146 valence electrons. The molecule has 0 unspecified atom stereocenters. The minimum atomic E-state index is -0.766. The molecule has 0 aromatic heterocycles. The molecule has 1 N–H and O–H groups in total. The molecule has 0 saturated carbocycles. The van der Waals surface area contributed by atoms with Gasteiger partial charge in [-0.3, -0.25) is 14.4 Å². The van der Waals surface area contributed by atoms with Gasteiger partial charge in [-0.25, -0.2) is 0 Å². The summed E-state index contributed by atoms with van der Waals surface area (Å²) < 4.78 is 0. The molecular weight excluding hydrogens is 366 g/mol. The normalized spacial score (nSPS) is 17.0. The monoisotopic (exact) mass is 391 g/mol. The van der Waals surface area contributed by atoms with Gasteiger partial charge in [-0.1, -0.05) is 42.7 Å². The maximum absolute atomic E-state index is 12.2. The Morgan fingerprint density at radius 3 is 2.74 bits per heavy atom. The van der Waals surface area contributed by atoms with E-state index < -0.39 is 5.97 Å². The number of halogens is 1. The second-order valence-corrected chi connectivity index (χ2v) is 7.32. The Morgan fingerprint density at radius 1 is 1.22 bits per heavy atom. The van der Waals surface area contributed by atoms with Gasteiger partial charge in [0.05, 0.1) is 6.04 Å². The number of allylic oxidation sites excluding steroid dienone is 1. The molecule has 1 fully saturated rings. The minimum absolute atomic E-state index is 0.00904. The van der Waals surface area contributed by atoms with Gasteiger partial charge in [0.2, 0.25) is 5.91 Å². The van der Waals surface area contributed by atoms with Crippen molar-refractivity contribution in [3.05, 3.63) is 47.0 Å². The maximum atomic E-state index is 12.2. The molecular formula is C21H26ClNO4. The second kappa shape index (κ2) is 10.9. The van der Waals surface area contributed by atoms with Gasteiger partial charge in [0.25, 0.3) is 0 Å². The van der Waals surface area contributed by atoms with Crippen molar-refractivity contribution >= 4 is 29.3 Å². The third kappa shape index (κ3) is 7.55. The second-order valence-electron chi connectivity index (χ2n) is 6.88. The van der Waals surface area contributed by atoms with Crippen LogP contribution in [0.1, 0.15) is 50.5 Å². The van der Waals surface area contributed by atoms with Crippen molar-refractivity contribution in [3.8, 4) is 0 Å². The van der Waals surface area contributed by atoms with Crippen LogP contribution in [0, 0.1) is 0 Å². The molecule has 1 aromatic carbocycles. The van der Waals surface area contributed by atoms with Gasteiger partial charge in [0.1, 0.15) is 0 Å². The van der Waals surface area contributed by atoms with Gasteiger partial charge in [-0.2, -0.15) is 0 Å². The Bertz CT molecular complexity index is 701. The summed E-state index contributed by atoms with van der Waals surface area (Å²) in [7, 11) is 0. The smallest absolute Gasteiger partial charge is 0.303 e. The average Bonchev–Trinajstić information content (AvgIpc) is 2.96. The number of nitrogens with zero attached hydrogens (tertiary/aromatic N) is 1. The highest BCUT2D eigenvalue weighted by molar-refractivity contribution is 6.30. The minimum Gasteiger partial charge on any atom is -0.481 e. The van der Waals surface area contributed by atoms with E-state index in [1.807, 2.05) is 23.1 Å². The fourth-order valence-electron chi connectivity index (χ4n) is 3.28. The number of likely N-dealkylation sites (tertiary alicyclic amines) is 1. The maximum Gasteiger partial charge on any atom is 0.303 e. The van der Waals surface area contributed by atoms with E-state index in [0.29, 0.717) is 30.8 Å². The number of hydrogen-bond acceptors (Lipinski definition) is 3. The van der Waals surface area contributed by atoms with Gasteiger partial charge in [-0.05, 0) is 43.0 Å². The molecule has 6 heteroatoms. The van der Waals surface area contributed by atoms with Crippen LogP contribution in [0.25, 0.3) is 0 Å². The van der Waals surface area contributed by atoms with E-state index in [4.69, 9.17) is 16.7 Å². The first-order chi connectivity index (χ1) is 13.0. The van der Waals surface area contributed by atoms with E-state index in [-0.39, 0.29) is 24.2 Å². The molecule has 1 amide bonds. The lowest BCUT2D eigenvalue weighted by Gasteiger charge is -2.22. The van der Waals surface area contributed by atoms with Crippen molar-refractivity contribution in [3.63, 3.8) is 0 Å². The number of carboxylic acid groups (broad SMARTS) is 1. The standard InChI is InChI=1S/C21H26ClNO4/c22-17-7-5-6-16(14-17)15-19(24)11-9-18-10-12-20(25)23(18)13-4-2-1-3-8-21(26)27/h5-7,9,11,14,18H,1-4,8,10,12-13,15H2,(H,26,27)/b11-9+/t18-/m0/s1. The summed E-state index contributed by atoms with van der Waals surface area (Å²) in [6.07, 6.45) is 8.43. The largest absolute Gasteiger partial charge is 0.481 e. The average molecular weight is 392 g/mol. The van der Waals surface area contributed by atoms with E-state index in [9.17, 15) is 14.4 Å². The highest BCUT2D eigenvalue weighted by Crippen LogP contribution is 2.21. The molecule has 0 aliphatic carbocycles. The van der Waals surface area contributed by atoms with E-state index in [1.54, 1.807) is 18.2 Å². The Hall–Kier alpha value is -2.14. The number of benzene rings is 1. The Kier molecular flexibility index (Phi) is 8.52. The first-order valence-electron chi connectivity index (χ1n) is 9.42. The highest BCUT2D eigenvalue weighted by Gasteiger charge is 2.28. The van der Waals surface area contributed by atoms with Crippen molar-refractivity contribution in [2.75, 3.05) is 6.54 Å². The van der Waals surface area contributed by atoms with Gasteiger partial charge in [0, 0.05) is 30.8 Å². The van der Waals surface area contributed by atoms with Gasteiger partial charge in [0.15, 0.2) is 5.78 Å². The Morgan fingerprint density at radius 2 is 2.00 bits per heavy atom. The molecule has 0 radical (unpaired) electrons. The Balaban J connectivity index is 1.77. The zero-order valence-electron chi connectivity index (χ0n) is 15.4. The summed E-state index contributed by atoms with van der Waals surface area (Å²) in [4.78, 5) is 36.6. The lowest BCUT2D eigenvalue weighted by atomic mass is 10.1. The number of carbonyl (C=O) groups excluding carboxylic acids is 2. The van der Waals surface area contributed by atoms with Crippen molar-refractivity contribution in [2.24, 2.45) is 0 Å². The van der Waals surface area contributed by atoms with Crippen LogP contribution in [0.3, 0.4) is 0 Å². The van der Waals surface area contributed by atoms with Crippen LogP contribution in [-0.4, -0.2) is 40.3 Å². The zero-order valence-corrected chi connectivity index (χ0v) is 16.2. The SMILES string of the molecule is O=C(O)CCCCCCN1C(=O)CC[C@@H]1/C=C/C(=O)Cc1cccc(Cl)c1. The third-order valence-corrected chi connectivity index (χ3v) is 4.92. The van der Waals surface area contributed by atoms with Gasteiger partial charge < -0.3 is 10.0 Å². The van der Waals surface area contributed by atoms with Crippen LogP contribution < -0.4 is 0 Å². The number of carboxylic acids is 1. The molecule has 1 atom stereocenters. The number of carbonyl (C=O) groups is 3. The summed E-state index contributed by atoms with van der Waals surface area (Å²) in [6.45, 7) is 0.656. The molecule has 0 bridgehead atoms. The molecule has 27 heavy (non-hydrogen) atoms. The van der Waals surface area contributed by atoms with Gasteiger partial charge in [-0.15, -0.1) is 0 Å². The van der Waals surface area contributed by atoms with E-state index >= 15 is 0 Å². The van der Waals surface area contributed by atoms with Gasteiger partial charge >= 0.3 is 5.97 Å². The van der Waals surface area contributed by atoms with Crippen molar-refractivity contribution in [2.45, 2.75) is 57.4 Å². The van der Waals surface area contributed by atoms with E-state index in [0.717, 1.165) is 31.2 Å². The molecule has 1 aromatic rings. The van der Waals surface area contributed by atoms with Crippen LogP contribution in [-0.2, 0) is 20.8 Å². The first-order valence-corrected chi connectivity index (χ1v) is 9.80. The fourth-order valence-corrected chi connectivity index (χ4v) is 3.50. The summed E-state index contributed by atoms with van der Waals surface area (Å²) in [5.74, 6) is -0.653. The number of ketones is 1. The lowest BCUT2D eigenvalue weighted by Crippen LogP contribution is -2.32. The molecule has 1 heterocycles. The number of amides is 1. The number of hydrogen-bond donors (Lipinski definition) is 1. The zero-order chi connectivity index (χ0) is 19.6. The van der Waals surface area contributed by atoms with Crippen LogP contribution in [0.4, 0.5) is 0 Å². The van der Waals surface area contributed by atoms with Crippen LogP contribution in [0.15, 0.2) is 36.4 Å². The van der Waals surface area contributed by atoms with Crippen LogP contribution in [0.2, 0.25) is 5.02 Å². The molecule has 1 saturated heterocycles. The lowest BCUT2D eigenvalue weighted by molar-refractivity contribution is -0.137. The van der Waals surface area contributed by atoms with Crippen molar-refractivity contribution in [1.82, 2.24) is 4.90 Å². The third-order valence-electron chi connectivity index (χ3n) is 4.69. The summed E-state index contributed by atoms with van der Waals surface area (Å²) in [5, 5.41) is 9.24. The van der Waals surface area contributed by atoms with Crippen LogP contribution >= 0.6 is 11.6 Å². The Labute approximate surface area is 165 Å². The van der Waals surface area contributed by atoms with Crippen LogP contribution in [0.5, 0.6) is 0 Å². The molecule has 1 aliphatic heterocycles. The first kappa shape index (κ1) is 21.2. The number of aliphatic carboxylic acids is 1. The molecule has 0 spiro atoms. The molecule has 2 rings (SSSR count). The predicted octanol–water partition coefficient (Wildman–Crippen LogP) is 4.03. The fraction of sp³-hybridized carbons (Fsp3) is 0.476. The molecule has 1 aliphatic rings. The highest BCUT2D eigenvalue weighted by atomic mass is 35.5. The quantitative estimate of drug-likeness (QED) is 0.456. The topological polar surface area (TPSA) is 74.7 Å². The van der Waals surface area contributed by atoms with Crippen molar-refractivity contribution < 1.29 is 19.5 Å². The predicted molar refractivity (Wildman–Crippen MR) is 105 cm³/mol. The molecule has 5 nitrogen and oxygen atoms in total. The van der Waals surface area contributed by atoms with E-state index in [2.05, 4.69) is 0 Å². The van der Waals surface area contributed by atoms with E-state index in [1.165, 1.54) is 0 Å². The van der Waals surface area contributed by atoms with Crippen molar-refractivity contribution in [1.29, 1.82) is 0 Å². The number of unbranched alkanes of at least 4 members (excludes halogenated alkanes) is 3.